The number of guanidine groups is 1. The summed E-state index contributed by atoms with van der Waals surface area (Å²) in [7, 11) is 0. The minimum absolute atomic E-state index is 0. The lowest BCUT2D eigenvalue weighted by molar-refractivity contribution is 0.100. The van der Waals surface area contributed by atoms with Crippen molar-refractivity contribution in [1.29, 1.82) is 0 Å². The van der Waals surface area contributed by atoms with E-state index in [9.17, 15) is 4.79 Å². The van der Waals surface area contributed by atoms with Gasteiger partial charge in [0.15, 0.2) is 5.96 Å². The predicted molar refractivity (Wildman–Crippen MR) is 95.7 cm³/mol. The molecule has 0 saturated heterocycles. The van der Waals surface area contributed by atoms with Gasteiger partial charge in [0.1, 0.15) is 0 Å². The van der Waals surface area contributed by atoms with Crippen LogP contribution in [0.25, 0.3) is 5.57 Å². The molecule has 0 atom stereocenters. The predicted octanol–water partition coefficient (Wildman–Crippen LogP) is 2.90. The van der Waals surface area contributed by atoms with E-state index in [1.54, 1.807) is 6.07 Å². The van der Waals surface area contributed by atoms with E-state index in [4.69, 9.17) is 11.5 Å². The summed E-state index contributed by atoms with van der Waals surface area (Å²) < 4.78 is 0. The number of rotatable bonds is 2. The molecule has 0 spiro atoms. The summed E-state index contributed by atoms with van der Waals surface area (Å²) in [5.74, 6) is -0.649. The summed E-state index contributed by atoms with van der Waals surface area (Å²) in [5, 5.41) is 0. The number of nitrogens with two attached hydrogens (primary N) is 2. The van der Waals surface area contributed by atoms with Crippen LogP contribution in [0.5, 0.6) is 0 Å². The lowest BCUT2D eigenvalue weighted by Crippen LogP contribution is -2.24. The number of aryl methyl sites for hydroxylation is 1. The highest BCUT2D eigenvalue weighted by molar-refractivity contribution is 6.02. The molecule has 23 heavy (non-hydrogen) atoms. The van der Waals surface area contributed by atoms with Crippen molar-refractivity contribution in [2.24, 2.45) is 16.5 Å². The Labute approximate surface area is 141 Å². The van der Waals surface area contributed by atoms with Crippen LogP contribution in [0.1, 0.15) is 33.5 Å². The second kappa shape index (κ2) is 7.11. The molecular formula is C18H18ClN3O. The third-order valence-electron chi connectivity index (χ3n) is 3.72. The van der Waals surface area contributed by atoms with E-state index in [2.05, 4.69) is 29.3 Å². The SMILES string of the molecule is Cl.NC(N)=NC(=O)c1cccc(C2=CCCc3ccccc32)c1. The number of hydrogen-bond acceptors (Lipinski definition) is 1. The molecule has 4 N–H and O–H groups in total. The van der Waals surface area contributed by atoms with Crippen molar-refractivity contribution in [3.8, 4) is 0 Å². The van der Waals surface area contributed by atoms with Crippen LogP contribution in [-0.2, 0) is 6.42 Å². The summed E-state index contributed by atoms with van der Waals surface area (Å²) >= 11 is 0. The fourth-order valence-electron chi connectivity index (χ4n) is 2.76. The number of allylic oxidation sites excluding steroid dienone is 1. The molecule has 2 aromatic rings. The van der Waals surface area contributed by atoms with Crippen molar-refractivity contribution in [2.75, 3.05) is 0 Å². The van der Waals surface area contributed by atoms with E-state index >= 15 is 0 Å². The van der Waals surface area contributed by atoms with Crippen LogP contribution < -0.4 is 11.5 Å². The first-order valence-electron chi connectivity index (χ1n) is 7.18. The number of halogens is 1. The molecule has 4 nitrogen and oxygen atoms in total. The first-order chi connectivity index (χ1) is 10.6. The second-order valence-electron chi connectivity index (χ2n) is 5.24. The molecule has 0 radical (unpaired) electrons. The average molecular weight is 328 g/mol. The standard InChI is InChI=1S/C18H17N3O.ClH/c19-18(20)21-17(22)14-8-3-7-13(11-14)16-10-4-6-12-5-1-2-9-15(12)16;/h1-3,5,7-11H,4,6H2,(H4,19,20,21,22);1H. The molecule has 2 aromatic carbocycles. The Morgan fingerprint density at radius 2 is 1.83 bits per heavy atom. The van der Waals surface area contributed by atoms with E-state index in [0.717, 1.165) is 24.0 Å². The lowest BCUT2D eigenvalue weighted by atomic mass is 9.86. The topological polar surface area (TPSA) is 81.5 Å². The fourth-order valence-corrected chi connectivity index (χ4v) is 2.76. The van der Waals surface area contributed by atoms with E-state index in [0.29, 0.717) is 5.56 Å². The summed E-state index contributed by atoms with van der Waals surface area (Å²) in [6.45, 7) is 0. The Kier molecular flexibility index (Phi) is 5.19. The van der Waals surface area contributed by atoms with Crippen LogP contribution in [0.2, 0.25) is 0 Å². The van der Waals surface area contributed by atoms with Gasteiger partial charge in [-0.1, -0.05) is 42.5 Å². The highest BCUT2D eigenvalue weighted by atomic mass is 35.5. The third-order valence-corrected chi connectivity index (χ3v) is 3.72. The Hall–Kier alpha value is -2.59. The molecule has 0 heterocycles. The minimum atomic E-state index is -0.424. The van der Waals surface area contributed by atoms with Gasteiger partial charge in [0.05, 0.1) is 0 Å². The molecule has 1 aliphatic rings. The molecule has 0 aliphatic heterocycles. The number of benzene rings is 2. The van der Waals surface area contributed by atoms with E-state index < -0.39 is 5.91 Å². The van der Waals surface area contributed by atoms with Gasteiger partial charge in [-0.2, -0.15) is 4.99 Å². The van der Waals surface area contributed by atoms with Crippen LogP contribution in [0, 0.1) is 0 Å². The largest absolute Gasteiger partial charge is 0.370 e. The lowest BCUT2D eigenvalue weighted by Gasteiger charge is -2.18. The Balaban J connectivity index is 0.00000192. The summed E-state index contributed by atoms with van der Waals surface area (Å²) in [6.07, 6.45) is 4.26. The molecule has 0 aromatic heterocycles. The van der Waals surface area contributed by atoms with Crippen LogP contribution in [0.4, 0.5) is 0 Å². The van der Waals surface area contributed by atoms with Gasteiger partial charge in [-0.3, -0.25) is 4.79 Å². The van der Waals surface area contributed by atoms with Gasteiger partial charge in [-0.15, -0.1) is 12.4 Å². The third kappa shape index (κ3) is 3.60. The Morgan fingerprint density at radius 1 is 1.04 bits per heavy atom. The molecule has 0 fully saturated rings. The molecule has 1 aliphatic carbocycles. The number of amides is 1. The zero-order chi connectivity index (χ0) is 15.5. The molecule has 3 rings (SSSR count). The zero-order valence-corrected chi connectivity index (χ0v) is 13.3. The summed E-state index contributed by atoms with van der Waals surface area (Å²) in [5.41, 5.74) is 15.7. The molecule has 5 heteroatoms. The number of carbonyl (C=O) groups is 1. The van der Waals surface area contributed by atoms with Crippen LogP contribution in [-0.4, -0.2) is 11.9 Å². The van der Waals surface area contributed by atoms with Crippen molar-refractivity contribution < 1.29 is 4.79 Å². The minimum Gasteiger partial charge on any atom is -0.370 e. The molecule has 0 unspecified atom stereocenters. The van der Waals surface area contributed by atoms with Crippen molar-refractivity contribution in [3.05, 3.63) is 76.9 Å². The first-order valence-corrected chi connectivity index (χ1v) is 7.18. The first kappa shape index (κ1) is 16.8. The maximum absolute atomic E-state index is 12.0. The Bertz CT molecular complexity index is 792. The van der Waals surface area contributed by atoms with Gasteiger partial charge < -0.3 is 11.5 Å². The molecule has 1 amide bonds. The quantitative estimate of drug-likeness (QED) is 0.657. The van der Waals surface area contributed by atoms with E-state index in [-0.39, 0.29) is 18.4 Å². The number of fused-ring (bicyclic) bond motifs is 1. The van der Waals surface area contributed by atoms with Gasteiger partial charge in [0, 0.05) is 5.56 Å². The highest BCUT2D eigenvalue weighted by Gasteiger charge is 2.14. The van der Waals surface area contributed by atoms with Gasteiger partial charge in [-0.25, -0.2) is 0 Å². The van der Waals surface area contributed by atoms with E-state index in [1.807, 2.05) is 24.3 Å². The Morgan fingerprint density at radius 3 is 2.61 bits per heavy atom. The maximum atomic E-state index is 12.0. The maximum Gasteiger partial charge on any atom is 0.280 e. The smallest absolute Gasteiger partial charge is 0.280 e. The van der Waals surface area contributed by atoms with Crippen molar-refractivity contribution in [1.82, 2.24) is 0 Å². The van der Waals surface area contributed by atoms with Gasteiger partial charge >= 0.3 is 0 Å². The van der Waals surface area contributed by atoms with Gasteiger partial charge in [0.2, 0.25) is 0 Å². The summed E-state index contributed by atoms with van der Waals surface area (Å²) in [4.78, 5) is 15.6. The summed E-state index contributed by atoms with van der Waals surface area (Å²) in [6, 6.07) is 15.8. The van der Waals surface area contributed by atoms with Crippen LogP contribution >= 0.6 is 12.4 Å². The number of carbonyl (C=O) groups excluding carboxylic acids is 1. The van der Waals surface area contributed by atoms with E-state index in [1.165, 1.54) is 11.1 Å². The molecule has 118 valence electrons. The second-order valence-corrected chi connectivity index (χ2v) is 5.24. The molecule has 0 saturated carbocycles. The fraction of sp³-hybridized carbons (Fsp3) is 0.111. The zero-order valence-electron chi connectivity index (χ0n) is 12.5. The van der Waals surface area contributed by atoms with Crippen molar-refractivity contribution >= 4 is 29.8 Å². The number of nitrogens with zero attached hydrogens (tertiary/aromatic N) is 1. The van der Waals surface area contributed by atoms with Crippen molar-refractivity contribution in [3.63, 3.8) is 0 Å². The van der Waals surface area contributed by atoms with Crippen LogP contribution in [0.3, 0.4) is 0 Å². The highest BCUT2D eigenvalue weighted by Crippen LogP contribution is 2.31. The normalized spacial score (nSPS) is 12.4. The van der Waals surface area contributed by atoms with Crippen molar-refractivity contribution in [2.45, 2.75) is 12.8 Å². The van der Waals surface area contributed by atoms with Gasteiger partial charge in [-0.05, 0) is 47.2 Å². The monoisotopic (exact) mass is 327 g/mol. The van der Waals surface area contributed by atoms with Gasteiger partial charge in [0.25, 0.3) is 5.91 Å². The van der Waals surface area contributed by atoms with Crippen LogP contribution in [0.15, 0.2) is 59.6 Å². The number of aliphatic imine (C=N–C) groups is 1. The average Bonchev–Trinajstić information content (AvgIpc) is 2.54. The molecule has 0 bridgehead atoms. The number of hydrogen-bond donors (Lipinski definition) is 2. The molecular weight excluding hydrogens is 310 g/mol.